The summed E-state index contributed by atoms with van der Waals surface area (Å²) in [4.78, 5) is 13.3. The first-order chi connectivity index (χ1) is 14.0. The summed E-state index contributed by atoms with van der Waals surface area (Å²) in [6, 6.07) is 16.9. The third-order valence-corrected chi connectivity index (χ3v) is 4.43. The van der Waals surface area contributed by atoms with E-state index in [4.69, 9.17) is 9.15 Å². The molecule has 3 aromatic rings. The molecule has 0 amide bonds. The topological polar surface area (TPSA) is 62.9 Å². The van der Waals surface area contributed by atoms with Gasteiger partial charge in [0, 0.05) is 18.7 Å². The maximum Gasteiger partial charge on any atom is 0.159 e. The molecule has 0 aliphatic rings. The minimum Gasteiger partial charge on any atom is -0.491 e. The van der Waals surface area contributed by atoms with Gasteiger partial charge in [-0.2, -0.15) is 0 Å². The van der Waals surface area contributed by atoms with E-state index >= 15 is 0 Å². The van der Waals surface area contributed by atoms with E-state index in [1.54, 1.807) is 42.7 Å². The smallest absolute Gasteiger partial charge is 0.159 e. The van der Waals surface area contributed by atoms with Gasteiger partial charge in [0.1, 0.15) is 30.0 Å². The van der Waals surface area contributed by atoms with Crippen LogP contribution in [0, 0.1) is 5.82 Å². The first kappa shape index (κ1) is 20.8. The Morgan fingerprint density at radius 2 is 1.93 bits per heavy atom. The molecule has 1 atom stereocenters. The Morgan fingerprint density at radius 1 is 1.14 bits per heavy atom. The van der Waals surface area contributed by atoms with Crippen LogP contribution in [-0.2, 0) is 13.1 Å². The first-order valence-electron chi connectivity index (χ1n) is 9.40. The van der Waals surface area contributed by atoms with Crippen molar-refractivity contribution < 1.29 is 23.4 Å². The highest BCUT2D eigenvalue weighted by atomic mass is 19.1. The van der Waals surface area contributed by atoms with Gasteiger partial charge in [-0.05, 0) is 61.0 Å². The number of furan rings is 1. The molecular weight excluding hydrogens is 373 g/mol. The lowest BCUT2D eigenvalue weighted by molar-refractivity contribution is 0.0604. The van der Waals surface area contributed by atoms with E-state index in [0.29, 0.717) is 30.9 Å². The van der Waals surface area contributed by atoms with Gasteiger partial charge < -0.3 is 14.3 Å². The lowest BCUT2D eigenvalue weighted by Gasteiger charge is -2.24. The minimum atomic E-state index is -0.758. The van der Waals surface area contributed by atoms with Crippen LogP contribution in [0.1, 0.15) is 28.6 Å². The zero-order chi connectivity index (χ0) is 20.6. The highest BCUT2D eigenvalue weighted by Gasteiger charge is 2.15. The summed E-state index contributed by atoms with van der Waals surface area (Å²) in [7, 11) is 0. The number of rotatable bonds is 10. The molecule has 5 nitrogen and oxygen atoms in total. The van der Waals surface area contributed by atoms with Crippen molar-refractivity contribution in [2.24, 2.45) is 0 Å². The van der Waals surface area contributed by atoms with E-state index in [-0.39, 0.29) is 18.2 Å². The molecule has 0 radical (unpaired) electrons. The fourth-order valence-corrected chi connectivity index (χ4v) is 3.03. The molecule has 0 saturated heterocycles. The van der Waals surface area contributed by atoms with Crippen molar-refractivity contribution in [2.75, 3.05) is 13.2 Å². The molecule has 1 aromatic heterocycles. The van der Waals surface area contributed by atoms with E-state index in [1.165, 1.54) is 19.1 Å². The number of nitrogens with zero attached hydrogens (tertiary/aromatic N) is 1. The molecule has 29 heavy (non-hydrogen) atoms. The van der Waals surface area contributed by atoms with Crippen molar-refractivity contribution in [3.8, 4) is 5.75 Å². The van der Waals surface area contributed by atoms with Crippen LogP contribution in [0.25, 0.3) is 0 Å². The Morgan fingerprint density at radius 3 is 2.59 bits per heavy atom. The van der Waals surface area contributed by atoms with E-state index in [0.717, 1.165) is 11.3 Å². The van der Waals surface area contributed by atoms with E-state index in [1.807, 2.05) is 17.0 Å². The van der Waals surface area contributed by atoms with E-state index < -0.39 is 6.10 Å². The predicted molar refractivity (Wildman–Crippen MR) is 107 cm³/mol. The lowest BCUT2D eigenvalue weighted by Crippen LogP contribution is -2.35. The molecule has 2 aromatic carbocycles. The highest BCUT2D eigenvalue weighted by molar-refractivity contribution is 5.94. The van der Waals surface area contributed by atoms with Crippen molar-refractivity contribution in [2.45, 2.75) is 26.1 Å². The largest absolute Gasteiger partial charge is 0.491 e. The maximum absolute atomic E-state index is 13.5. The van der Waals surface area contributed by atoms with E-state index in [2.05, 4.69) is 0 Å². The Labute approximate surface area is 169 Å². The molecule has 0 spiro atoms. The molecule has 0 aliphatic carbocycles. The summed E-state index contributed by atoms with van der Waals surface area (Å²) in [6.07, 6.45) is 0.839. The van der Waals surface area contributed by atoms with Gasteiger partial charge in [-0.25, -0.2) is 4.39 Å². The SMILES string of the molecule is CC(=O)c1ccc(OCC(O)CN(Cc2cccc(F)c2)Cc2ccco2)cc1. The number of carbonyl (C=O) groups excluding carboxylic acids is 1. The molecule has 6 heteroatoms. The Bertz CT molecular complexity index is 909. The van der Waals surface area contributed by atoms with Crippen LogP contribution < -0.4 is 4.74 Å². The number of ether oxygens (including phenoxy) is 1. The fraction of sp³-hybridized carbons (Fsp3) is 0.261. The number of hydrogen-bond donors (Lipinski definition) is 1. The van der Waals surface area contributed by atoms with E-state index in [9.17, 15) is 14.3 Å². The Hall–Kier alpha value is -2.96. The van der Waals surface area contributed by atoms with Crippen LogP contribution in [0.3, 0.4) is 0 Å². The van der Waals surface area contributed by atoms with Crippen molar-refractivity contribution in [1.82, 2.24) is 4.90 Å². The van der Waals surface area contributed by atoms with Crippen molar-refractivity contribution in [3.63, 3.8) is 0 Å². The summed E-state index contributed by atoms with van der Waals surface area (Å²) in [5.74, 6) is 1.03. The van der Waals surface area contributed by atoms with Gasteiger partial charge >= 0.3 is 0 Å². The monoisotopic (exact) mass is 397 g/mol. The zero-order valence-electron chi connectivity index (χ0n) is 16.3. The molecule has 1 heterocycles. The average molecular weight is 397 g/mol. The van der Waals surface area contributed by atoms with Crippen molar-refractivity contribution in [3.05, 3.63) is 89.6 Å². The average Bonchev–Trinajstić information content (AvgIpc) is 3.19. The minimum absolute atomic E-state index is 0.0116. The number of aliphatic hydroxyl groups excluding tert-OH is 1. The number of halogens is 1. The molecule has 1 N–H and O–H groups in total. The standard InChI is InChI=1S/C23H24FNO4/c1-17(26)19-7-9-22(10-8-19)29-16-21(27)14-25(15-23-6-3-11-28-23)13-18-4-2-5-20(24)12-18/h2-12,21,27H,13-16H2,1H3. The summed E-state index contributed by atoms with van der Waals surface area (Å²) in [5.41, 5.74) is 1.42. The lowest BCUT2D eigenvalue weighted by atomic mass is 10.1. The normalized spacial score (nSPS) is 12.1. The molecule has 1 unspecified atom stereocenters. The quantitative estimate of drug-likeness (QED) is 0.523. The number of carbonyl (C=O) groups is 1. The molecule has 0 bridgehead atoms. The second-order valence-electron chi connectivity index (χ2n) is 6.92. The second-order valence-corrected chi connectivity index (χ2v) is 6.92. The molecule has 0 aliphatic heterocycles. The Balaban J connectivity index is 1.59. The summed E-state index contributed by atoms with van der Waals surface area (Å²) >= 11 is 0. The number of benzene rings is 2. The van der Waals surface area contributed by atoms with Crippen molar-refractivity contribution in [1.29, 1.82) is 0 Å². The Kier molecular flexibility index (Phi) is 7.16. The summed E-state index contributed by atoms with van der Waals surface area (Å²) in [5, 5.41) is 10.5. The molecule has 152 valence electrons. The van der Waals surface area contributed by atoms with Gasteiger partial charge in [0.15, 0.2) is 5.78 Å². The third kappa shape index (κ3) is 6.55. The summed E-state index contributed by atoms with van der Waals surface area (Å²) in [6.45, 7) is 2.86. The number of Topliss-reactive ketones (excluding diaryl/α,β-unsaturated/α-hetero) is 1. The van der Waals surface area contributed by atoms with Gasteiger partial charge in [-0.15, -0.1) is 0 Å². The molecule has 3 rings (SSSR count). The van der Waals surface area contributed by atoms with Gasteiger partial charge in [0.05, 0.1) is 12.8 Å². The second kappa shape index (κ2) is 10.0. The molecule has 0 saturated carbocycles. The predicted octanol–water partition coefficient (Wildman–Crippen LogP) is 4.06. The third-order valence-electron chi connectivity index (χ3n) is 4.43. The molecule has 0 fully saturated rings. The zero-order valence-corrected chi connectivity index (χ0v) is 16.3. The number of hydrogen-bond acceptors (Lipinski definition) is 5. The number of ketones is 1. The fourth-order valence-electron chi connectivity index (χ4n) is 3.03. The van der Waals surface area contributed by atoms with Crippen LogP contribution in [0.15, 0.2) is 71.3 Å². The van der Waals surface area contributed by atoms with Crippen LogP contribution in [0.2, 0.25) is 0 Å². The first-order valence-corrected chi connectivity index (χ1v) is 9.40. The van der Waals surface area contributed by atoms with Crippen LogP contribution in [0.4, 0.5) is 4.39 Å². The summed E-state index contributed by atoms with van der Waals surface area (Å²) < 4.78 is 24.6. The van der Waals surface area contributed by atoms with Crippen LogP contribution >= 0.6 is 0 Å². The van der Waals surface area contributed by atoms with Crippen LogP contribution in [-0.4, -0.2) is 35.0 Å². The van der Waals surface area contributed by atoms with Crippen molar-refractivity contribution >= 4 is 5.78 Å². The van der Waals surface area contributed by atoms with Gasteiger partial charge in [0.2, 0.25) is 0 Å². The highest BCUT2D eigenvalue weighted by Crippen LogP contribution is 2.15. The number of aliphatic hydroxyl groups is 1. The van der Waals surface area contributed by atoms with Gasteiger partial charge in [-0.1, -0.05) is 12.1 Å². The van der Waals surface area contributed by atoms with Gasteiger partial charge in [-0.3, -0.25) is 9.69 Å². The van der Waals surface area contributed by atoms with Crippen LogP contribution in [0.5, 0.6) is 5.75 Å². The molecular formula is C23H24FNO4. The van der Waals surface area contributed by atoms with Gasteiger partial charge in [0.25, 0.3) is 0 Å². The maximum atomic E-state index is 13.5.